The Balaban J connectivity index is 1.61. The summed E-state index contributed by atoms with van der Waals surface area (Å²) in [6.07, 6.45) is 4.96. The summed E-state index contributed by atoms with van der Waals surface area (Å²) < 4.78 is 7.44. The zero-order valence-electron chi connectivity index (χ0n) is 20.7. The molecule has 1 fully saturated rings. The first kappa shape index (κ1) is 23.4. The average molecular weight is 476 g/mol. The first-order valence-electron chi connectivity index (χ1n) is 12.5. The third-order valence-electron chi connectivity index (χ3n) is 8.04. The lowest BCUT2D eigenvalue weighted by molar-refractivity contribution is -0.150. The number of fused-ring (bicyclic) bond motifs is 3. The summed E-state index contributed by atoms with van der Waals surface area (Å²) in [6.45, 7) is 3.91. The largest absolute Gasteiger partial charge is 0.481 e. The maximum atomic E-state index is 12.6. The van der Waals surface area contributed by atoms with Gasteiger partial charge in [0, 0.05) is 24.1 Å². The van der Waals surface area contributed by atoms with Gasteiger partial charge < -0.3 is 14.4 Å². The molecule has 2 aromatic carbocycles. The molecule has 184 valence electrons. The van der Waals surface area contributed by atoms with Crippen LogP contribution in [0.15, 0.2) is 42.5 Å². The molecular weight excluding hydrogens is 442 g/mol. The number of benzene rings is 2. The second kappa shape index (κ2) is 9.02. The average Bonchev–Trinajstić information content (AvgIpc) is 3.22. The molecule has 2 heterocycles. The van der Waals surface area contributed by atoms with Crippen LogP contribution in [-0.4, -0.2) is 39.9 Å². The molecule has 7 heteroatoms. The van der Waals surface area contributed by atoms with E-state index in [4.69, 9.17) is 9.72 Å². The maximum absolute atomic E-state index is 12.6. The maximum Gasteiger partial charge on any atom is 0.414 e. The lowest BCUT2D eigenvalue weighted by Gasteiger charge is -2.36. The van der Waals surface area contributed by atoms with Crippen molar-refractivity contribution in [3.05, 3.63) is 59.4 Å². The third-order valence-corrected chi connectivity index (χ3v) is 8.04. The van der Waals surface area contributed by atoms with Crippen molar-refractivity contribution >= 4 is 28.8 Å². The van der Waals surface area contributed by atoms with Gasteiger partial charge in [0.05, 0.1) is 29.2 Å². The number of carboxylic acid groups (broad SMARTS) is 1. The topological polar surface area (TPSA) is 84.7 Å². The van der Waals surface area contributed by atoms with Gasteiger partial charge in [-0.3, -0.25) is 9.69 Å². The van der Waals surface area contributed by atoms with Gasteiger partial charge in [-0.05, 0) is 70.1 Å². The second-order valence-electron chi connectivity index (χ2n) is 10.3. The van der Waals surface area contributed by atoms with Gasteiger partial charge in [-0.2, -0.15) is 0 Å². The van der Waals surface area contributed by atoms with Crippen LogP contribution in [0.3, 0.4) is 0 Å². The highest BCUT2D eigenvalue weighted by Gasteiger charge is 2.39. The SMILES string of the molecule is COC(=O)N1c2ccc3c(nc(Cc4ccccc4)n3C3CCC(C)(C(=O)O)CC3)c2CC[C@@H]1C. The number of ether oxygens (including phenoxy) is 1. The van der Waals surface area contributed by atoms with Gasteiger partial charge in [-0.25, -0.2) is 9.78 Å². The molecule has 7 nitrogen and oxygen atoms in total. The highest BCUT2D eigenvalue weighted by Crippen LogP contribution is 2.44. The monoisotopic (exact) mass is 475 g/mol. The molecule has 1 amide bonds. The van der Waals surface area contributed by atoms with Gasteiger partial charge in [-0.1, -0.05) is 30.3 Å². The number of nitrogens with zero attached hydrogens (tertiary/aromatic N) is 3. The van der Waals surface area contributed by atoms with Crippen LogP contribution >= 0.6 is 0 Å². The number of carbonyl (C=O) groups excluding carboxylic acids is 1. The zero-order valence-corrected chi connectivity index (χ0v) is 20.7. The number of carboxylic acids is 1. The Morgan fingerprint density at radius 1 is 1.11 bits per heavy atom. The molecule has 1 atom stereocenters. The minimum atomic E-state index is -0.706. The molecule has 0 radical (unpaired) electrons. The highest BCUT2D eigenvalue weighted by molar-refractivity contribution is 5.95. The van der Waals surface area contributed by atoms with Crippen molar-refractivity contribution < 1.29 is 19.4 Å². The van der Waals surface area contributed by atoms with Crippen molar-refractivity contribution in [2.45, 2.75) is 70.9 Å². The first-order chi connectivity index (χ1) is 16.8. The molecule has 1 saturated carbocycles. The quantitative estimate of drug-likeness (QED) is 0.520. The summed E-state index contributed by atoms with van der Waals surface area (Å²) in [5.74, 6) is 0.286. The number of hydrogen-bond donors (Lipinski definition) is 1. The standard InChI is InChI=1S/C28H33N3O4/c1-18-9-10-21-22(30(18)27(34)35-3)11-12-23-25(21)29-24(17-19-7-5-4-6-8-19)31(23)20-13-15-28(2,16-14-20)26(32)33/h4-8,11-12,18,20H,9-10,13-17H2,1-3H3,(H,32,33)/t18-,20?,28?/m0/s1. The molecule has 35 heavy (non-hydrogen) atoms. The minimum absolute atomic E-state index is 0.0605. The number of aromatic nitrogens is 2. The Labute approximate surface area is 205 Å². The molecule has 0 spiro atoms. The van der Waals surface area contributed by atoms with Crippen LogP contribution in [0.1, 0.15) is 68.9 Å². The molecule has 0 bridgehead atoms. The van der Waals surface area contributed by atoms with Crippen LogP contribution in [0.2, 0.25) is 0 Å². The minimum Gasteiger partial charge on any atom is -0.481 e. The van der Waals surface area contributed by atoms with Gasteiger partial charge in [0.25, 0.3) is 0 Å². The fourth-order valence-corrected chi connectivity index (χ4v) is 5.85. The van der Waals surface area contributed by atoms with Gasteiger partial charge in [0.2, 0.25) is 0 Å². The van der Waals surface area contributed by atoms with E-state index in [0.29, 0.717) is 19.3 Å². The van der Waals surface area contributed by atoms with Gasteiger partial charge >= 0.3 is 12.1 Å². The van der Waals surface area contributed by atoms with Crippen LogP contribution in [0.25, 0.3) is 11.0 Å². The van der Waals surface area contributed by atoms with E-state index in [-0.39, 0.29) is 18.2 Å². The summed E-state index contributed by atoms with van der Waals surface area (Å²) in [7, 11) is 1.42. The molecule has 0 saturated heterocycles. The van der Waals surface area contributed by atoms with Gasteiger partial charge in [0.1, 0.15) is 5.82 Å². The van der Waals surface area contributed by atoms with Gasteiger partial charge in [0.15, 0.2) is 0 Å². The number of imidazole rings is 1. The normalized spacial score (nSPS) is 24.3. The highest BCUT2D eigenvalue weighted by atomic mass is 16.5. The number of methoxy groups -OCH3 is 1. The fourth-order valence-electron chi connectivity index (χ4n) is 5.85. The Morgan fingerprint density at radius 3 is 2.49 bits per heavy atom. The number of anilines is 1. The van der Waals surface area contributed by atoms with Crippen LogP contribution in [0, 0.1) is 5.41 Å². The lowest BCUT2D eigenvalue weighted by Crippen LogP contribution is -2.42. The van der Waals surface area contributed by atoms with E-state index in [2.05, 4.69) is 22.8 Å². The van der Waals surface area contributed by atoms with Crippen molar-refractivity contribution in [2.75, 3.05) is 12.0 Å². The van der Waals surface area contributed by atoms with Crippen molar-refractivity contribution in [2.24, 2.45) is 5.41 Å². The molecule has 1 aromatic heterocycles. The number of hydrogen-bond acceptors (Lipinski definition) is 4. The van der Waals surface area contributed by atoms with Crippen LogP contribution in [-0.2, 0) is 22.4 Å². The summed E-state index contributed by atoms with van der Waals surface area (Å²) >= 11 is 0. The predicted octanol–water partition coefficient (Wildman–Crippen LogP) is 5.74. The number of rotatable bonds is 4. The molecule has 1 aliphatic carbocycles. The van der Waals surface area contributed by atoms with Crippen molar-refractivity contribution in [3.8, 4) is 0 Å². The molecule has 1 aliphatic heterocycles. The number of carbonyl (C=O) groups is 2. The van der Waals surface area contributed by atoms with Crippen molar-refractivity contribution in [1.29, 1.82) is 0 Å². The Hall–Kier alpha value is -3.35. The van der Waals surface area contributed by atoms with Crippen molar-refractivity contribution in [3.63, 3.8) is 0 Å². The number of aryl methyl sites for hydroxylation is 1. The van der Waals surface area contributed by atoms with Gasteiger partial charge in [-0.15, -0.1) is 0 Å². The van der Waals surface area contributed by atoms with Crippen LogP contribution in [0.4, 0.5) is 10.5 Å². The Kier molecular flexibility index (Phi) is 6.03. The number of aliphatic carboxylic acids is 1. The van der Waals surface area contributed by atoms with Crippen LogP contribution < -0.4 is 4.90 Å². The second-order valence-corrected chi connectivity index (χ2v) is 10.3. The van der Waals surface area contributed by atoms with Crippen LogP contribution in [0.5, 0.6) is 0 Å². The van der Waals surface area contributed by atoms with E-state index in [9.17, 15) is 14.7 Å². The molecular formula is C28H33N3O4. The molecule has 3 aromatic rings. The Morgan fingerprint density at radius 2 is 1.83 bits per heavy atom. The van der Waals surface area contributed by atoms with E-state index < -0.39 is 11.4 Å². The van der Waals surface area contributed by atoms with E-state index >= 15 is 0 Å². The summed E-state index contributed by atoms with van der Waals surface area (Å²) in [5.41, 5.74) is 4.50. The molecule has 1 N–H and O–H groups in total. The molecule has 5 rings (SSSR count). The summed E-state index contributed by atoms with van der Waals surface area (Å²) in [6, 6.07) is 14.7. The molecule has 2 aliphatic rings. The van der Waals surface area contributed by atoms with E-state index in [1.807, 2.05) is 38.1 Å². The molecule has 0 unspecified atom stereocenters. The van der Waals surface area contributed by atoms with E-state index in [1.165, 1.54) is 12.7 Å². The third kappa shape index (κ3) is 4.07. The van der Waals surface area contributed by atoms with Crippen molar-refractivity contribution in [1.82, 2.24) is 9.55 Å². The fraction of sp³-hybridized carbons (Fsp3) is 0.464. The van der Waals surface area contributed by atoms with E-state index in [0.717, 1.165) is 53.8 Å². The Bertz CT molecular complexity index is 1260. The lowest BCUT2D eigenvalue weighted by atomic mass is 9.74. The zero-order chi connectivity index (χ0) is 24.7. The summed E-state index contributed by atoms with van der Waals surface area (Å²) in [5, 5.41) is 9.72. The number of amides is 1. The summed E-state index contributed by atoms with van der Waals surface area (Å²) in [4.78, 5) is 31.3. The smallest absolute Gasteiger partial charge is 0.414 e. The first-order valence-corrected chi connectivity index (χ1v) is 12.5. The predicted molar refractivity (Wildman–Crippen MR) is 135 cm³/mol. The van der Waals surface area contributed by atoms with E-state index in [1.54, 1.807) is 4.90 Å².